The highest BCUT2D eigenvalue weighted by molar-refractivity contribution is 6.61. The molecule has 1 aromatic rings. The molecule has 29 heavy (non-hydrogen) atoms. The molecule has 1 amide bonds. The Labute approximate surface area is 174 Å². The van der Waals surface area contributed by atoms with Gasteiger partial charge in [0.1, 0.15) is 5.82 Å². The van der Waals surface area contributed by atoms with Crippen molar-refractivity contribution in [1.82, 2.24) is 5.32 Å². The van der Waals surface area contributed by atoms with Crippen LogP contribution in [0.1, 0.15) is 66.9 Å². The zero-order chi connectivity index (χ0) is 22.0. The molecule has 1 unspecified atom stereocenters. The molecule has 0 aliphatic carbocycles. The summed E-state index contributed by atoms with van der Waals surface area (Å²) in [6, 6.07) is 3.42. The number of rotatable bonds is 7. The summed E-state index contributed by atoms with van der Waals surface area (Å²) in [4.78, 5) is 13.0. The lowest BCUT2D eigenvalue weighted by Gasteiger charge is -2.44. The molecule has 1 atom stereocenters. The third-order valence-electron chi connectivity index (χ3n) is 5.91. The van der Waals surface area contributed by atoms with E-state index in [1.165, 1.54) is 0 Å². The van der Waals surface area contributed by atoms with E-state index in [9.17, 15) is 14.2 Å². The quantitative estimate of drug-likeness (QED) is 0.479. The molecular weight excluding hydrogens is 370 g/mol. The van der Waals surface area contributed by atoms with Gasteiger partial charge in [-0.1, -0.05) is 54.5 Å². The predicted octanol–water partition coefficient (Wildman–Crippen LogP) is 3.45. The fourth-order valence-corrected chi connectivity index (χ4v) is 3.87. The van der Waals surface area contributed by atoms with Gasteiger partial charge >= 0.3 is 7.12 Å². The molecule has 0 saturated carbocycles. The number of anilines is 1. The van der Waals surface area contributed by atoms with Gasteiger partial charge in [0.15, 0.2) is 0 Å². The number of fused-ring (bicyclic) bond motifs is 1. The molecule has 1 aromatic carbocycles. The lowest BCUT2D eigenvalue weighted by Crippen LogP contribution is -2.49. The summed E-state index contributed by atoms with van der Waals surface area (Å²) in [5, 5.41) is 15.9. The zero-order valence-corrected chi connectivity index (χ0v) is 18.9. The Morgan fingerprint density at radius 3 is 2.41 bits per heavy atom. The molecule has 5 nitrogen and oxygen atoms in total. The van der Waals surface area contributed by atoms with Crippen molar-refractivity contribution in [3.63, 3.8) is 0 Å². The normalized spacial score (nSPS) is 16.4. The minimum Gasteiger partial charge on any atom is -0.423 e. The average Bonchev–Trinajstić information content (AvgIpc) is 2.95. The summed E-state index contributed by atoms with van der Waals surface area (Å²) < 4.78 is 19.6. The van der Waals surface area contributed by atoms with E-state index in [-0.39, 0.29) is 28.8 Å². The molecule has 0 bridgehead atoms. The van der Waals surface area contributed by atoms with Crippen LogP contribution in [0.5, 0.6) is 0 Å². The highest BCUT2D eigenvalue weighted by Gasteiger charge is 2.46. The molecule has 1 aliphatic heterocycles. The third kappa shape index (κ3) is 5.51. The van der Waals surface area contributed by atoms with Gasteiger partial charge in [-0.2, -0.15) is 0 Å². The van der Waals surface area contributed by atoms with Crippen LogP contribution < -0.4 is 16.1 Å². The van der Waals surface area contributed by atoms with E-state index in [4.69, 9.17) is 4.65 Å². The number of halogens is 1. The van der Waals surface area contributed by atoms with Crippen molar-refractivity contribution in [1.29, 1.82) is 0 Å². The van der Waals surface area contributed by atoms with Gasteiger partial charge in [-0.15, -0.1) is 0 Å². The second kappa shape index (κ2) is 8.64. The van der Waals surface area contributed by atoms with Gasteiger partial charge in [0.2, 0.25) is 5.91 Å². The highest BCUT2D eigenvalue weighted by atomic mass is 19.1. The monoisotopic (exact) mass is 406 g/mol. The first-order valence-electron chi connectivity index (χ1n) is 10.4. The molecule has 3 N–H and O–H groups in total. The number of nitrogens with one attached hydrogen (secondary N) is 2. The van der Waals surface area contributed by atoms with E-state index >= 15 is 0 Å². The summed E-state index contributed by atoms with van der Waals surface area (Å²) in [5.74, 6) is -0.411. The SMILES string of the molecule is CC(C)(C)CC(C)(C(=O)NCCCNc1ccc2c(c1F)B(O)OC2)C(C)(C)C. The predicted molar refractivity (Wildman–Crippen MR) is 117 cm³/mol. The van der Waals surface area contributed by atoms with Gasteiger partial charge in [0, 0.05) is 18.6 Å². The Kier molecular flexibility index (Phi) is 7.06. The van der Waals surface area contributed by atoms with Gasteiger partial charge in [0.05, 0.1) is 17.7 Å². The Hall–Kier alpha value is -1.60. The minimum atomic E-state index is -1.20. The summed E-state index contributed by atoms with van der Waals surface area (Å²) >= 11 is 0. The largest absolute Gasteiger partial charge is 0.494 e. The van der Waals surface area contributed by atoms with Crippen molar-refractivity contribution in [3.8, 4) is 0 Å². The summed E-state index contributed by atoms with van der Waals surface area (Å²) in [7, 11) is -1.20. The van der Waals surface area contributed by atoms with E-state index in [2.05, 4.69) is 52.2 Å². The number of amides is 1. The van der Waals surface area contributed by atoms with Crippen molar-refractivity contribution in [2.24, 2.45) is 16.2 Å². The van der Waals surface area contributed by atoms with Crippen molar-refractivity contribution >= 4 is 24.2 Å². The molecule has 0 aromatic heterocycles. The van der Waals surface area contributed by atoms with E-state index < -0.39 is 18.4 Å². The molecule has 0 radical (unpaired) electrons. The maximum Gasteiger partial charge on any atom is 0.494 e. The van der Waals surface area contributed by atoms with Crippen LogP contribution in [0.25, 0.3) is 0 Å². The number of hydrogen-bond donors (Lipinski definition) is 3. The molecule has 0 fully saturated rings. The Bertz CT molecular complexity index is 743. The second-order valence-electron chi connectivity index (χ2n) is 10.5. The van der Waals surface area contributed by atoms with Crippen LogP contribution in [-0.4, -0.2) is 31.1 Å². The lowest BCUT2D eigenvalue weighted by atomic mass is 9.61. The van der Waals surface area contributed by atoms with Crippen LogP contribution in [-0.2, 0) is 16.1 Å². The van der Waals surface area contributed by atoms with Crippen LogP contribution in [0, 0.1) is 22.1 Å². The summed E-state index contributed by atoms with van der Waals surface area (Å²) in [5.41, 5.74) is 0.617. The number of carbonyl (C=O) groups excluding carboxylic acids is 1. The van der Waals surface area contributed by atoms with Gasteiger partial charge in [-0.3, -0.25) is 4.79 Å². The number of carbonyl (C=O) groups is 1. The van der Waals surface area contributed by atoms with Crippen LogP contribution >= 0.6 is 0 Å². The van der Waals surface area contributed by atoms with E-state index in [1.807, 2.05) is 6.92 Å². The molecular formula is C22H36BFN2O3. The minimum absolute atomic E-state index is 0.0420. The fraction of sp³-hybridized carbons (Fsp3) is 0.682. The molecule has 2 rings (SSSR count). The van der Waals surface area contributed by atoms with Crippen molar-refractivity contribution in [3.05, 3.63) is 23.5 Å². The van der Waals surface area contributed by atoms with Crippen molar-refractivity contribution in [2.45, 2.75) is 67.9 Å². The van der Waals surface area contributed by atoms with Gasteiger partial charge < -0.3 is 20.3 Å². The topological polar surface area (TPSA) is 70.6 Å². The van der Waals surface area contributed by atoms with Crippen molar-refractivity contribution in [2.75, 3.05) is 18.4 Å². The standard InChI is InChI=1S/C22H36BFN2O3/c1-20(2,3)14-22(7,21(4,5)6)19(27)26-12-8-11-25-16-10-9-15-13-29-23(28)17(15)18(16)24/h9-10,25,28H,8,11-14H2,1-7H3,(H,26,27). The Morgan fingerprint density at radius 1 is 1.17 bits per heavy atom. The molecule has 1 aliphatic rings. The molecule has 0 spiro atoms. The maximum absolute atomic E-state index is 14.5. The van der Waals surface area contributed by atoms with E-state index in [0.717, 1.165) is 6.42 Å². The fourth-order valence-electron chi connectivity index (χ4n) is 3.87. The zero-order valence-electron chi connectivity index (χ0n) is 18.9. The van der Waals surface area contributed by atoms with Crippen LogP contribution in [0.15, 0.2) is 12.1 Å². The van der Waals surface area contributed by atoms with E-state index in [0.29, 0.717) is 30.8 Å². The van der Waals surface area contributed by atoms with Gasteiger partial charge in [-0.05, 0) is 35.3 Å². The molecule has 162 valence electrons. The number of hydrogen-bond acceptors (Lipinski definition) is 4. The first-order valence-corrected chi connectivity index (χ1v) is 10.4. The molecule has 1 heterocycles. The highest BCUT2D eigenvalue weighted by Crippen LogP contribution is 2.46. The van der Waals surface area contributed by atoms with Gasteiger partial charge in [-0.25, -0.2) is 4.39 Å². The lowest BCUT2D eigenvalue weighted by molar-refractivity contribution is -0.138. The van der Waals surface area contributed by atoms with E-state index in [1.54, 1.807) is 12.1 Å². The first-order chi connectivity index (χ1) is 13.3. The average molecular weight is 406 g/mol. The number of benzene rings is 1. The van der Waals surface area contributed by atoms with Crippen LogP contribution in [0.4, 0.5) is 10.1 Å². The molecule has 0 saturated heterocycles. The first kappa shape index (κ1) is 23.7. The smallest absolute Gasteiger partial charge is 0.423 e. The van der Waals surface area contributed by atoms with Crippen molar-refractivity contribution < 1.29 is 18.9 Å². The Morgan fingerprint density at radius 2 is 1.83 bits per heavy atom. The summed E-state index contributed by atoms with van der Waals surface area (Å²) in [6.07, 6.45) is 1.45. The van der Waals surface area contributed by atoms with Crippen LogP contribution in [0.2, 0.25) is 0 Å². The Balaban J connectivity index is 1.89. The summed E-state index contributed by atoms with van der Waals surface area (Å²) in [6.45, 7) is 16.1. The van der Waals surface area contributed by atoms with Crippen LogP contribution in [0.3, 0.4) is 0 Å². The third-order valence-corrected chi connectivity index (χ3v) is 5.91. The van der Waals surface area contributed by atoms with Gasteiger partial charge in [0.25, 0.3) is 0 Å². The molecule has 7 heteroatoms. The maximum atomic E-state index is 14.5. The second-order valence-corrected chi connectivity index (χ2v) is 10.5.